The fourth-order valence-corrected chi connectivity index (χ4v) is 2.30. The van der Waals surface area contributed by atoms with Crippen LogP contribution in [0.3, 0.4) is 0 Å². The quantitative estimate of drug-likeness (QED) is 0.813. The first-order valence-corrected chi connectivity index (χ1v) is 5.73. The van der Waals surface area contributed by atoms with Crippen molar-refractivity contribution in [2.75, 3.05) is 13.7 Å². The molecule has 0 radical (unpaired) electrons. The van der Waals surface area contributed by atoms with Crippen LogP contribution in [0, 0.1) is 0 Å². The van der Waals surface area contributed by atoms with Crippen molar-refractivity contribution in [3.8, 4) is 5.75 Å². The number of nitrogens with one attached hydrogen (secondary N) is 1. The summed E-state index contributed by atoms with van der Waals surface area (Å²) in [5, 5.41) is 3.57. The van der Waals surface area contributed by atoms with Crippen LogP contribution >= 0.6 is 0 Å². The second kappa shape index (κ2) is 4.67. The zero-order valence-electron chi connectivity index (χ0n) is 9.55. The van der Waals surface area contributed by atoms with E-state index in [-0.39, 0.29) is 0 Å². The second-order valence-corrected chi connectivity index (χ2v) is 4.16. The van der Waals surface area contributed by atoms with Crippen LogP contribution in [0.1, 0.15) is 24.5 Å². The van der Waals surface area contributed by atoms with Crippen molar-refractivity contribution in [3.63, 3.8) is 0 Å². The van der Waals surface area contributed by atoms with Crippen LogP contribution in [-0.4, -0.2) is 19.7 Å². The molecule has 0 saturated heterocycles. The predicted octanol–water partition coefficient (Wildman–Crippen LogP) is 2.16. The van der Waals surface area contributed by atoms with E-state index in [9.17, 15) is 0 Å². The molecule has 0 heterocycles. The SMILES string of the molecule is CCCNC1Cc2cccc(OC)c2C1. The molecule has 0 saturated carbocycles. The van der Waals surface area contributed by atoms with Gasteiger partial charge in [0, 0.05) is 6.04 Å². The number of rotatable bonds is 4. The minimum atomic E-state index is 0.608. The molecule has 0 spiro atoms. The van der Waals surface area contributed by atoms with Crippen LogP contribution in [-0.2, 0) is 12.8 Å². The summed E-state index contributed by atoms with van der Waals surface area (Å²) in [4.78, 5) is 0. The van der Waals surface area contributed by atoms with Gasteiger partial charge in [-0.2, -0.15) is 0 Å². The van der Waals surface area contributed by atoms with Crippen molar-refractivity contribution in [2.45, 2.75) is 32.2 Å². The summed E-state index contributed by atoms with van der Waals surface area (Å²) >= 11 is 0. The highest BCUT2D eigenvalue weighted by molar-refractivity contribution is 5.44. The summed E-state index contributed by atoms with van der Waals surface area (Å²) in [6.07, 6.45) is 3.45. The van der Waals surface area contributed by atoms with Gasteiger partial charge in [-0.1, -0.05) is 19.1 Å². The molecule has 0 aliphatic heterocycles. The molecule has 1 aromatic carbocycles. The maximum Gasteiger partial charge on any atom is 0.122 e. The number of benzene rings is 1. The van der Waals surface area contributed by atoms with E-state index in [0.717, 1.165) is 25.1 Å². The van der Waals surface area contributed by atoms with Crippen molar-refractivity contribution in [1.82, 2.24) is 5.32 Å². The third kappa shape index (κ3) is 2.15. The molecule has 1 unspecified atom stereocenters. The molecule has 2 heteroatoms. The Morgan fingerprint density at radius 1 is 1.40 bits per heavy atom. The largest absolute Gasteiger partial charge is 0.496 e. The Labute approximate surface area is 91.6 Å². The molecule has 1 aromatic rings. The average molecular weight is 205 g/mol. The normalized spacial score (nSPS) is 18.9. The van der Waals surface area contributed by atoms with E-state index in [1.54, 1.807) is 7.11 Å². The molecule has 0 aromatic heterocycles. The molecule has 1 aliphatic rings. The smallest absolute Gasteiger partial charge is 0.122 e. The molecular weight excluding hydrogens is 186 g/mol. The highest BCUT2D eigenvalue weighted by Crippen LogP contribution is 2.30. The molecule has 1 N–H and O–H groups in total. The lowest BCUT2D eigenvalue weighted by molar-refractivity contribution is 0.408. The Balaban J connectivity index is 2.09. The molecule has 0 amide bonds. The lowest BCUT2D eigenvalue weighted by Crippen LogP contribution is -2.30. The van der Waals surface area contributed by atoms with Crippen LogP contribution in [0.5, 0.6) is 5.75 Å². The number of hydrogen-bond acceptors (Lipinski definition) is 2. The van der Waals surface area contributed by atoms with E-state index in [1.165, 1.54) is 17.5 Å². The van der Waals surface area contributed by atoms with Gasteiger partial charge in [-0.15, -0.1) is 0 Å². The van der Waals surface area contributed by atoms with Crippen LogP contribution in [0.15, 0.2) is 18.2 Å². The van der Waals surface area contributed by atoms with E-state index in [2.05, 4.69) is 30.4 Å². The van der Waals surface area contributed by atoms with Gasteiger partial charge in [0.05, 0.1) is 7.11 Å². The highest BCUT2D eigenvalue weighted by atomic mass is 16.5. The molecule has 2 rings (SSSR count). The summed E-state index contributed by atoms with van der Waals surface area (Å²) in [7, 11) is 1.75. The van der Waals surface area contributed by atoms with Crippen molar-refractivity contribution in [1.29, 1.82) is 0 Å². The van der Waals surface area contributed by atoms with Gasteiger partial charge in [0.15, 0.2) is 0 Å². The third-order valence-corrected chi connectivity index (χ3v) is 3.05. The average Bonchev–Trinajstić information content (AvgIpc) is 2.68. The fraction of sp³-hybridized carbons (Fsp3) is 0.538. The van der Waals surface area contributed by atoms with Gasteiger partial charge in [-0.3, -0.25) is 0 Å². The molecule has 0 bridgehead atoms. The number of hydrogen-bond donors (Lipinski definition) is 1. The molecule has 2 nitrogen and oxygen atoms in total. The Hall–Kier alpha value is -1.02. The van der Waals surface area contributed by atoms with Crippen molar-refractivity contribution in [3.05, 3.63) is 29.3 Å². The molecule has 1 aliphatic carbocycles. The Morgan fingerprint density at radius 2 is 2.27 bits per heavy atom. The lowest BCUT2D eigenvalue weighted by Gasteiger charge is -2.10. The van der Waals surface area contributed by atoms with Gasteiger partial charge < -0.3 is 10.1 Å². The monoisotopic (exact) mass is 205 g/mol. The van der Waals surface area contributed by atoms with Crippen LogP contribution in [0.2, 0.25) is 0 Å². The summed E-state index contributed by atoms with van der Waals surface area (Å²) in [6.45, 7) is 3.32. The minimum absolute atomic E-state index is 0.608. The van der Waals surface area contributed by atoms with Crippen molar-refractivity contribution < 1.29 is 4.74 Å². The van der Waals surface area contributed by atoms with Gasteiger partial charge in [-0.05, 0) is 43.0 Å². The number of methoxy groups -OCH3 is 1. The maximum atomic E-state index is 5.38. The first kappa shape index (κ1) is 10.5. The first-order valence-electron chi connectivity index (χ1n) is 5.73. The molecule has 82 valence electrons. The van der Waals surface area contributed by atoms with E-state index in [1.807, 2.05) is 0 Å². The van der Waals surface area contributed by atoms with Gasteiger partial charge in [0.25, 0.3) is 0 Å². The van der Waals surface area contributed by atoms with E-state index >= 15 is 0 Å². The van der Waals surface area contributed by atoms with Crippen LogP contribution in [0.4, 0.5) is 0 Å². The van der Waals surface area contributed by atoms with E-state index in [4.69, 9.17) is 4.74 Å². The number of ether oxygens (including phenoxy) is 1. The van der Waals surface area contributed by atoms with Crippen LogP contribution in [0.25, 0.3) is 0 Å². The van der Waals surface area contributed by atoms with Gasteiger partial charge in [0.1, 0.15) is 5.75 Å². The lowest BCUT2D eigenvalue weighted by atomic mass is 10.1. The molecule has 0 fully saturated rings. The first-order chi connectivity index (χ1) is 7.35. The summed E-state index contributed by atoms with van der Waals surface area (Å²) in [6, 6.07) is 6.96. The van der Waals surface area contributed by atoms with Gasteiger partial charge in [0.2, 0.25) is 0 Å². The second-order valence-electron chi connectivity index (χ2n) is 4.16. The number of fused-ring (bicyclic) bond motifs is 1. The predicted molar refractivity (Wildman–Crippen MR) is 62.5 cm³/mol. The molecule has 15 heavy (non-hydrogen) atoms. The zero-order chi connectivity index (χ0) is 10.7. The fourth-order valence-electron chi connectivity index (χ4n) is 2.30. The zero-order valence-corrected chi connectivity index (χ0v) is 9.55. The van der Waals surface area contributed by atoms with Crippen LogP contribution < -0.4 is 10.1 Å². The van der Waals surface area contributed by atoms with Crippen molar-refractivity contribution >= 4 is 0 Å². The standard InChI is InChI=1S/C13H19NO/c1-3-7-14-11-8-10-5-4-6-13(15-2)12(10)9-11/h4-6,11,14H,3,7-9H2,1-2H3. The third-order valence-electron chi connectivity index (χ3n) is 3.05. The molecular formula is C13H19NO. The highest BCUT2D eigenvalue weighted by Gasteiger charge is 2.23. The van der Waals surface area contributed by atoms with Crippen molar-refractivity contribution in [2.24, 2.45) is 0 Å². The van der Waals surface area contributed by atoms with E-state index in [0.29, 0.717) is 6.04 Å². The Kier molecular flexibility index (Phi) is 3.27. The summed E-state index contributed by atoms with van der Waals surface area (Å²) in [5.74, 6) is 1.05. The maximum absolute atomic E-state index is 5.38. The topological polar surface area (TPSA) is 21.3 Å². The summed E-state index contributed by atoms with van der Waals surface area (Å²) in [5.41, 5.74) is 2.84. The van der Waals surface area contributed by atoms with Gasteiger partial charge >= 0.3 is 0 Å². The van der Waals surface area contributed by atoms with E-state index < -0.39 is 0 Å². The van der Waals surface area contributed by atoms with Gasteiger partial charge in [-0.25, -0.2) is 0 Å². The molecule has 1 atom stereocenters. The Bertz CT molecular complexity index is 335. The Morgan fingerprint density at radius 3 is 3.00 bits per heavy atom. The summed E-state index contributed by atoms with van der Waals surface area (Å²) < 4.78 is 5.38. The minimum Gasteiger partial charge on any atom is -0.496 e.